The highest BCUT2D eigenvalue weighted by Gasteiger charge is 2.27. The summed E-state index contributed by atoms with van der Waals surface area (Å²) < 4.78 is 37.3. The predicted octanol–water partition coefficient (Wildman–Crippen LogP) is 3.10. The lowest BCUT2D eigenvalue weighted by molar-refractivity contribution is 0.0526. The lowest BCUT2D eigenvalue weighted by atomic mass is 10.1. The molecule has 3 rings (SSSR count). The van der Waals surface area contributed by atoms with Gasteiger partial charge in [-0.15, -0.1) is 0 Å². The molecule has 0 unspecified atom stereocenters. The number of benzene rings is 2. The van der Waals surface area contributed by atoms with E-state index in [9.17, 15) is 18.0 Å². The van der Waals surface area contributed by atoms with Gasteiger partial charge in [0, 0.05) is 24.3 Å². The largest absolute Gasteiger partial charge is 0.462 e. The number of carbonyl (C=O) groups is 2. The molecule has 1 amide bonds. The number of esters is 1. The number of nitrogens with one attached hydrogen (secondary N) is 1. The molecule has 1 saturated heterocycles. The van der Waals surface area contributed by atoms with Crippen molar-refractivity contribution in [3.05, 3.63) is 58.1 Å². The van der Waals surface area contributed by atoms with Crippen molar-refractivity contribution < 1.29 is 27.5 Å². The van der Waals surface area contributed by atoms with Crippen molar-refractivity contribution >= 4 is 39.2 Å². The van der Waals surface area contributed by atoms with Crippen LogP contribution in [-0.2, 0) is 19.5 Å². The molecule has 1 aliphatic heterocycles. The molecule has 0 atom stereocenters. The number of nitrogens with zero attached hydrogens (tertiary/aromatic N) is 1. The van der Waals surface area contributed by atoms with E-state index < -0.39 is 21.9 Å². The van der Waals surface area contributed by atoms with Gasteiger partial charge in [0.25, 0.3) is 5.91 Å². The van der Waals surface area contributed by atoms with Crippen molar-refractivity contribution in [2.24, 2.45) is 0 Å². The minimum Gasteiger partial charge on any atom is -0.462 e. The van der Waals surface area contributed by atoms with E-state index in [1.165, 1.54) is 34.6 Å². The van der Waals surface area contributed by atoms with Crippen molar-refractivity contribution in [1.29, 1.82) is 0 Å². The molecule has 2 aromatic carbocycles. The zero-order valence-corrected chi connectivity index (χ0v) is 18.8. The van der Waals surface area contributed by atoms with Crippen LogP contribution >= 0.6 is 11.6 Å². The number of ether oxygens (including phenoxy) is 2. The standard InChI is InChI=1S/C21H23ClN2O6S/c1-3-30-21(26)17-7-5-15(12-19(17)22)23-20(25)18-13-16(6-4-14(18)2)31(27,28)24-8-10-29-11-9-24/h4-7,12-13H,3,8-11H2,1-2H3,(H,23,25). The summed E-state index contributed by atoms with van der Waals surface area (Å²) in [5.41, 5.74) is 1.40. The van der Waals surface area contributed by atoms with Gasteiger partial charge in [0.1, 0.15) is 0 Å². The van der Waals surface area contributed by atoms with Crippen molar-refractivity contribution in [2.45, 2.75) is 18.7 Å². The second-order valence-electron chi connectivity index (χ2n) is 6.86. The van der Waals surface area contributed by atoms with Gasteiger partial charge in [0.05, 0.1) is 35.3 Å². The highest BCUT2D eigenvalue weighted by molar-refractivity contribution is 7.89. The Balaban J connectivity index is 1.83. The molecule has 1 N–H and O–H groups in total. The number of sulfonamides is 1. The molecule has 8 nitrogen and oxygen atoms in total. The first kappa shape index (κ1) is 23.2. The van der Waals surface area contributed by atoms with E-state index in [1.807, 2.05) is 0 Å². The summed E-state index contributed by atoms with van der Waals surface area (Å²) in [4.78, 5) is 24.8. The van der Waals surface area contributed by atoms with E-state index in [2.05, 4.69) is 5.32 Å². The number of aryl methyl sites for hydroxylation is 1. The average molecular weight is 467 g/mol. The lowest BCUT2D eigenvalue weighted by Crippen LogP contribution is -2.40. The molecule has 0 aromatic heterocycles. The fraction of sp³-hybridized carbons (Fsp3) is 0.333. The summed E-state index contributed by atoms with van der Waals surface area (Å²) in [5, 5.41) is 2.83. The first-order valence-electron chi connectivity index (χ1n) is 9.70. The highest BCUT2D eigenvalue weighted by atomic mass is 35.5. The van der Waals surface area contributed by atoms with E-state index >= 15 is 0 Å². The van der Waals surface area contributed by atoms with Crippen LogP contribution in [0.25, 0.3) is 0 Å². The highest BCUT2D eigenvalue weighted by Crippen LogP contribution is 2.24. The van der Waals surface area contributed by atoms with Crippen molar-refractivity contribution in [1.82, 2.24) is 4.31 Å². The Kier molecular flexibility index (Phi) is 7.32. The second kappa shape index (κ2) is 9.78. The van der Waals surface area contributed by atoms with Crippen molar-refractivity contribution in [2.75, 3.05) is 38.2 Å². The second-order valence-corrected chi connectivity index (χ2v) is 9.21. The third-order valence-electron chi connectivity index (χ3n) is 4.78. The molecular weight excluding hydrogens is 444 g/mol. The molecule has 0 bridgehead atoms. The van der Waals surface area contributed by atoms with Crippen molar-refractivity contribution in [3.8, 4) is 0 Å². The van der Waals surface area contributed by atoms with Crippen LogP contribution in [-0.4, -0.2) is 57.5 Å². The molecule has 0 aliphatic carbocycles. The molecule has 0 radical (unpaired) electrons. The van der Waals surface area contributed by atoms with Gasteiger partial charge >= 0.3 is 5.97 Å². The molecule has 1 heterocycles. The summed E-state index contributed by atoms with van der Waals surface area (Å²) in [6, 6.07) is 8.88. The Morgan fingerprint density at radius 3 is 2.48 bits per heavy atom. The Morgan fingerprint density at radius 1 is 1.13 bits per heavy atom. The van der Waals surface area contributed by atoms with Crippen LogP contribution in [0.5, 0.6) is 0 Å². The van der Waals surface area contributed by atoms with Crippen LogP contribution in [0.2, 0.25) is 5.02 Å². The number of rotatable bonds is 6. The quantitative estimate of drug-likeness (QED) is 0.656. The summed E-state index contributed by atoms with van der Waals surface area (Å²) in [7, 11) is -3.73. The monoisotopic (exact) mass is 466 g/mol. The van der Waals surface area contributed by atoms with Gasteiger partial charge in [-0.2, -0.15) is 4.31 Å². The van der Waals surface area contributed by atoms with Crippen LogP contribution in [0, 0.1) is 6.92 Å². The van der Waals surface area contributed by atoms with E-state index in [1.54, 1.807) is 19.9 Å². The predicted molar refractivity (Wildman–Crippen MR) is 116 cm³/mol. The fourth-order valence-electron chi connectivity index (χ4n) is 3.11. The summed E-state index contributed by atoms with van der Waals surface area (Å²) in [6.07, 6.45) is 0. The number of amides is 1. The molecule has 166 valence electrons. The molecule has 1 aliphatic rings. The average Bonchev–Trinajstić information content (AvgIpc) is 2.74. The Bertz CT molecular complexity index is 1100. The van der Waals surface area contributed by atoms with Gasteiger partial charge in [-0.25, -0.2) is 13.2 Å². The number of halogens is 1. The smallest absolute Gasteiger partial charge is 0.339 e. The lowest BCUT2D eigenvalue weighted by Gasteiger charge is -2.26. The minimum absolute atomic E-state index is 0.0424. The van der Waals surface area contributed by atoms with Gasteiger partial charge in [-0.3, -0.25) is 4.79 Å². The first-order chi connectivity index (χ1) is 14.7. The number of hydrogen-bond donors (Lipinski definition) is 1. The maximum absolute atomic E-state index is 12.9. The van der Waals surface area contributed by atoms with Crippen LogP contribution in [0.15, 0.2) is 41.3 Å². The van der Waals surface area contributed by atoms with E-state index in [0.717, 1.165) is 0 Å². The topological polar surface area (TPSA) is 102 Å². The summed E-state index contributed by atoms with van der Waals surface area (Å²) in [5.74, 6) is -1.04. The molecule has 10 heteroatoms. The zero-order valence-electron chi connectivity index (χ0n) is 17.2. The van der Waals surface area contributed by atoms with Crippen LogP contribution in [0.3, 0.4) is 0 Å². The van der Waals surface area contributed by atoms with Gasteiger partial charge in [0.15, 0.2) is 0 Å². The van der Waals surface area contributed by atoms with E-state index in [-0.39, 0.29) is 40.7 Å². The van der Waals surface area contributed by atoms with E-state index in [0.29, 0.717) is 24.5 Å². The van der Waals surface area contributed by atoms with Crippen LogP contribution < -0.4 is 5.32 Å². The number of carbonyl (C=O) groups excluding carboxylic acids is 2. The maximum Gasteiger partial charge on any atom is 0.339 e. The third-order valence-corrected chi connectivity index (χ3v) is 6.99. The Hall–Kier alpha value is -2.46. The zero-order chi connectivity index (χ0) is 22.6. The molecular formula is C21H23ClN2O6S. The summed E-state index contributed by atoms with van der Waals surface area (Å²) in [6.45, 7) is 4.83. The number of morpholine rings is 1. The number of anilines is 1. The van der Waals surface area contributed by atoms with E-state index in [4.69, 9.17) is 21.1 Å². The van der Waals surface area contributed by atoms with Gasteiger partial charge in [0.2, 0.25) is 10.0 Å². The normalized spacial score (nSPS) is 14.8. The van der Waals surface area contributed by atoms with Crippen molar-refractivity contribution in [3.63, 3.8) is 0 Å². The first-order valence-corrected chi connectivity index (χ1v) is 11.5. The fourth-order valence-corrected chi connectivity index (χ4v) is 4.80. The van der Waals surface area contributed by atoms with Gasteiger partial charge in [-0.05, 0) is 49.7 Å². The molecule has 2 aromatic rings. The minimum atomic E-state index is -3.73. The van der Waals surface area contributed by atoms with Gasteiger partial charge < -0.3 is 14.8 Å². The number of hydrogen-bond acceptors (Lipinski definition) is 6. The Labute approximate surface area is 186 Å². The third kappa shape index (κ3) is 5.24. The Morgan fingerprint density at radius 2 is 1.84 bits per heavy atom. The molecule has 1 fully saturated rings. The molecule has 0 saturated carbocycles. The molecule has 31 heavy (non-hydrogen) atoms. The molecule has 0 spiro atoms. The maximum atomic E-state index is 12.9. The van der Waals surface area contributed by atoms with Gasteiger partial charge in [-0.1, -0.05) is 17.7 Å². The SMILES string of the molecule is CCOC(=O)c1ccc(NC(=O)c2cc(S(=O)(=O)N3CCOCC3)ccc2C)cc1Cl. The summed E-state index contributed by atoms with van der Waals surface area (Å²) >= 11 is 6.14. The van der Waals surface area contributed by atoms with Crippen LogP contribution in [0.4, 0.5) is 5.69 Å². The van der Waals surface area contributed by atoms with Crippen LogP contribution in [0.1, 0.15) is 33.2 Å².